The second-order valence-electron chi connectivity index (χ2n) is 4.27. The van der Waals surface area contributed by atoms with Gasteiger partial charge in [0.2, 0.25) is 0 Å². The zero-order chi connectivity index (χ0) is 18.7. The van der Waals surface area contributed by atoms with Crippen LogP contribution in [0.3, 0.4) is 0 Å². The Balaban J connectivity index is 0.000000443. The van der Waals surface area contributed by atoms with Crippen LogP contribution in [0.5, 0.6) is 0 Å². The molecule has 0 aliphatic carbocycles. The van der Waals surface area contributed by atoms with Crippen LogP contribution < -0.4 is 11.5 Å². The summed E-state index contributed by atoms with van der Waals surface area (Å²) in [6.45, 7) is 0. The number of nitrogen functional groups attached to an aromatic ring is 2. The van der Waals surface area contributed by atoms with Crippen molar-refractivity contribution in [2.24, 2.45) is 0 Å². The Hall–Kier alpha value is -0.937. The molecule has 0 atom stereocenters. The molecule has 25 heavy (non-hydrogen) atoms. The van der Waals surface area contributed by atoms with E-state index in [1.165, 1.54) is 12.1 Å². The third-order valence-corrected chi connectivity index (χ3v) is 4.86. The van der Waals surface area contributed by atoms with Crippen LogP contribution in [0.25, 0.3) is 0 Å². The first-order valence-corrected chi connectivity index (χ1v) is 9.41. The van der Waals surface area contributed by atoms with Gasteiger partial charge in [-0.05, 0) is 36.4 Å². The Kier molecular flexibility index (Phi) is 8.79. The third-order valence-electron chi connectivity index (χ3n) is 2.51. The molecule has 0 amide bonds. The van der Waals surface area contributed by atoms with E-state index in [2.05, 4.69) is 0 Å². The average Bonchev–Trinajstić information content (AvgIpc) is 2.43. The number of anilines is 2. The van der Waals surface area contributed by atoms with Crippen molar-refractivity contribution in [3.8, 4) is 0 Å². The molecule has 2 aromatic carbocycles. The van der Waals surface area contributed by atoms with Gasteiger partial charge in [0.05, 0.1) is 31.2 Å². The monoisotopic (exact) mass is 476 g/mol. The van der Waals surface area contributed by atoms with E-state index in [1.54, 1.807) is 0 Å². The number of halogens is 2. The van der Waals surface area contributed by atoms with Gasteiger partial charge in [-0.2, -0.15) is 0 Å². The number of hydrogen-bond donors (Lipinski definition) is 2. The molecule has 13 heteroatoms. The van der Waals surface area contributed by atoms with Gasteiger partial charge in [0.15, 0.2) is 0 Å². The zero-order valence-electron chi connectivity index (χ0n) is 12.3. The predicted molar refractivity (Wildman–Crippen MR) is 87.7 cm³/mol. The second kappa shape index (κ2) is 9.13. The van der Waals surface area contributed by atoms with Crippen molar-refractivity contribution >= 4 is 54.8 Å². The van der Waals surface area contributed by atoms with E-state index in [0.717, 1.165) is 24.3 Å². The molecular weight excluding hydrogens is 469 g/mol. The Morgan fingerprint density at radius 2 is 1.00 bits per heavy atom. The molecule has 0 fully saturated rings. The van der Waals surface area contributed by atoms with Crippen molar-refractivity contribution in [3.63, 3.8) is 0 Å². The van der Waals surface area contributed by atoms with Crippen LogP contribution in [0.4, 0.5) is 11.4 Å². The Morgan fingerprint density at radius 3 is 1.20 bits per heavy atom. The quantitative estimate of drug-likeness (QED) is 0.373. The van der Waals surface area contributed by atoms with E-state index < -0.39 is 20.2 Å². The van der Waals surface area contributed by atoms with Gasteiger partial charge in [-0.15, -0.1) is 0 Å². The molecule has 2 rings (SSSR count). The summed E-state index contributed by atoms with van der Waals surface area (Å²) in [7, 11) is -8.86. The average molecular weight is 479 g/mol. The van der Waals surface area contributed by atoms with E-state index in [0.29, 0.717) is 0 Å². The van der Waals surface area contributed by atoms with E-state index in [-0.39, 0.29) is 50.7 Å². The maximum absolute atomic E-state index is 10.4. The molecule has 0 heterocycles. The smallest absolute Gasteiger partial charge is 0.744 e. The molecule has 4 N–H and O–H groups in total. The molecule has 0 aliphatic heterocycles. The van der Waals surface area contributed by atoms with Gasteiger partial charge in [0.25, 0.3) is 0 Å². The van der Waals surface area contributed by atoms with Crippen molar-refractivity contribution < 1.29 is 45.4 Å². The molecule has 0 aliphatic rings. The summed E-state index contributed by atoms with van der Waals surface area (Å²) in [4.78, 5) is -0.742. The summed E-state index contributed by atoms with van der Waals surface area (Å²) >= 11 is 11.0. The summed E-state index contributed by atoms with van der Waals surface area (Å²) in [6, 6.07) is 6.82. The topological polar surface area (TPSA) is 166 Å². The third kappa shape index (κ3) is 7.45. The number of rotatable bonds is 2. The van der Waals surface area contributed by atoms with Crippen molar-refractivity contribution in [1.29, 1.82) is 0 Å². The minimum atomic E-state index is -4.43. The minimum Gasteiger partial charge on any atom is -0.744 e. The summed E-state index contributed by atoms with van der Waals surface area (Å²) < 4.78 is 62.7. The molecule has 0 saturated heterocycles. The molecule has 0 spiro atoms. The van der Waals surface area contributed by atoms with Crippen LogP contribution in [0.15, 0.2) is 46.2 Å². The van der Waals surface area contributed by atoms with E-state index in [9.17, 15) is 25.9 Å². The van der Waals surface area contributed by atoms with Crippen LogP contribution in [0, 0.1) is 0 Å². The van der Waals surface area contributed by atoms with Gasteiger partial charge in [-0.1, -0.05) is 23.2 Å². The Labute approximate surface area is 167 Å². The molecular formula is C12H10Cl2N2O6S2Zn. The SMILES string of the molecule is Nc1cc(S(=O)(=O)[O-])ccc1Cl.Nc1cc(S(=O)(=O)[O-])ccc1Cl.[Zn+2]. The molecule has 0 bridgehead atoms. The molecule has 0 saturated carbocycles. The number of hydrogen-bond acceptors (Lipinski definition) is 8. The van der Waals surface area contributed by atoms with E-state index in [1.807, 2.05) is 0 Å². The summed E-state index contributed by atoms with van der Waals surface area (Å²) in [6.07, 6.45) is 0. The van der Waals surface area contributed by atoms with Crippen molar-refractivity contribution in [1.82, 2.24) is 0 Å². The van der Waals surface area contributed by atoms with Crippen LogP contribution >= 0.6 is 23.2 Å². The molecule has 0 radical (unpaired) electrons. The van der Waals surface area contributed by atoms with Gasteiger partial charge < -0.3 is 20.6 Å². The fourth-order valence-corrected chi connectivity index (χ4v) is 2.60. The van der Waals surface area contributed by atoms with Gasteiger partial charge in [0, 0.05) is 0 Å². The van der Waals surface area contributed by atoms with Gasteiger partial charge in [0.1, 0.15) is 20.2 Å². The largest absolute Gasteiger partial charge is 2.00 e. The standard InChI is InChI=1S/2C6H6ClNO3S.Zn/c2*7-5-2-1-4(3-6(5)8)12(9,10)11;/h2*1-3H,8H2,(H,9,10,11);/q;;+2/p-2. The van der Waals surface area contributed by atoms with Gasteiger partial charge in [-0.3, -0.25) is 0 Å². The fourth-order valence-electron chi connectivity index (χ4n) is 1.35. The molecule has 132 valence electrons. The molecule has 0 unspecified atom stereocenters. The second-order valence-corrected chi connectivity index (χ2v) is 7.85. The van der Waals surface area contributed by atoms with Crippen LogP contribution in [0.2, 0.25) is 10.0 Å². The minimum absolute atomic E-state index is 0. The molecule has 8 nitrogen and oxygen atoms in total. The van der Waals surface area contributed by atoms with Crippen molar-refractivity contribution in [3.05, 3.63) is 46.4 Å². The maximum Gasteiger partial charge on any atom is 2.00 e. The predicted octanol–water partition coefficient (Wildman–Crippen LogP) is 1.65. The summed E-state index contributed by atoms with van der Waals surface area (Å²) in [5, 5.41) is 0.449. The number of nitrogens with two attached hydrogens (primary N) is 2. The van der Waals surface area contributed by atoms with Crippen LogP contribution in [-0.2, 0) is 39.7 Å². The Bertz CT molecular complexity index is 888. The number of benzene rings is 2. The van der Waals surface area contributed by atoms with Crippen LogP contribution in [-0.4, -0.2) is 25.9 Å². The molecule has 0 aromatic heterocycles. The normalized spacial score (nSPS) is 11.0. The van der Waals surface area contributed by atoms with Crippen LogP contribution in [0.1, 0.15) is 0 Å². The fraction of sp³-hybridized carbons (Fsp3) is 0. The first-order valence-electron chi connectivity index (χ1n) is 5.84. The Morgan fingerprint density at radius 1 is 0.720 bits per heavy atom. The zero-order valence-corrected chi connectivity index (χ0v) is 18.5. The van der Waals surface area contributed by atoms with Gasteiger partial charge in [-0.25, -0.2) is 16.8 Å². The van der Waals surface area contributed by atoms with Gasteiger partial charge >= 0.3 is 19.5 Å². The van der Waals surface area contributed by atoms with E-state index in [4.69, 9.17) is 34.7 Å². The first-order chi connectivity index (χ1) is 10.8. The first kappa shape index (κ1) is 24.1. The van der Waals surface area contributed by atoms with Crippen molar-refractivity contribution in [2.45, 2.75) is 9.79 Å². The maximum atomic E-state index is 10.4. The summed E-state index contributed by atoms with van der Waals surface area (Å²) in [5.41, 5.74) is 10.7. The molecule has 2 aromatic rings. The van der Waals surface area contributed by atoms with E-state index >= 15 is 0 Å². The van der Waals surface area contributed by atoms with Crippen molar-refractivity contribution in [2.75, 3.05) is 11.5 Å². The summed E-state index contributed by atoms with van der Waals surface area (Å²) in [5.74, 6) is 0.